The van der Waals surface area contributed by atoms with Gasteiger partial charge >= 0.3 is 0 Å². The lowest BCUT2D eigenvalue weighted by atomic mass is 9.92. The van der Waals surface area contributed by atoms with Crippen LogP contribution in [0.2, 0.25) is 0 Å². The number of likely N-dealkylation sites (tertiary alicyclic amines) is 1. The molecule has 4 heteroatoms. The van der Waals surface area contributed by atoms with E-state index in [2.05, 4.69) is 24.1 Å². The first-order chi connectivity index (χ1) is 12.1. The molecule has 0 saturated carbocycles. The van der Waals surface area contributed by atoms with Gasteiger partial charge in [0.2, 0.25) is 5.91 Å². The summed E-state index contributed by atoms with van der Waals surface area (Å²) in [4.78, 5) is 14.7. The summed E-state index contributed by atoms with van der Waals surface area (Å²) >= 11 is 0. The van der Waals surface area contributed by atoms with E-state index >= 15 is 0 Å². The van der Waals surface area contributed by atoms with Crippen molar-refractivity contribution in [3.05, 3.63) is 54.6 Å². The molecular formula is C21H26N2O2. The van der Waals surface area contributed by atoms with Crippen LogP contribution in [0.1, 0.15) is 20.3 Å². The second-order valence-electron chi connectivity index (χ2n) is 7.10. The third kappa shape index (κ3) is 5.07. The van der Waals surface area contributed by atoms with Crippen LogP contribution in [0.3, 0.4) is 0 Å². The minimum atomic E-state index is 0.00501. The Balaban J connectivity index is 1.63. The van der Waals surface area contributed by atoms with Gasteiger partial charge in [-0.2, -0.15) is 0 Å². The maximum absolute atomic E-state index is 12.5. The van der Waals surface area contributed by atoms with E-state index in [0.717, 1.165) is 18.8 Å². The smallest absolute Gasteiger partial charge is 0.238 e. The number of carbonyl (C=O) groups excluding carboxylic acids is 1. The predicted octanol–water partition coefficient (Wildman–Crippen LogP) is 4.40. The highest BCUT2D eigenvalue weighted by atomic mass is 16.5. The third-order valence-electron chi connectivity index (χ3n) is 4.44. The van der Waals surface area contributed by atoms with Gasteiger partial charge in [0.25, 0.3) is 0 Å². The predicted molar refractivity (Wildman–Crippen MR) is 101 cm³/mol. The molecule has 0 bridgehead atoms. The number of carbonyl (C=O) groups is 1. The SMILES string of the molecule is C[C@H]1C[C@H](C)CN(CC(=O)Nc2ccccc2Oc2ccccc2)C1. The van der Waals surface area contributed by atoms with Crippen LogP contribution in [-0.4, -0.2) is 30.4 Å². The molecule has 1 aliphatic rings. The summed E-state index contributed by atoms with van der Waals surface area (Å²) in [6.45, 7) is 6.90. The van der Waals surface area contributed by atoms with E-state index in [9.17, 15) is 4.79 Å². The molecule has 4 nitrogen and oxygen atoms in total. The normalized spacial score (nSPS) is 20.9. The van der Waals surface area contributed by atoms with Crippen LogP contribution in [0, 0.1) is 11.8 Å². The van der Waals surface area contributed by atoms with Crippen molar-refractivity contribution in [1.29, 1.82) is 0 Å². The number of nitrogens with one attached hydrogen (secondary N) is 1. The molecule has 1 amide bonds. The Labute approximate surface area is 149 Å². The molecule has 2 atom stereocenters. The average molecular weight is 338 g/mol. The van der Waals surface area contributed by atoms with E-state index in [1.807, 2.05) is 54.6 Å². The summed E-state index contributed by atoms with van der Waals surface area (Å²) in [5.74, 6) is 2.70. The number of ether oxygens (including phenoxy) is 1. The molecule has 1 heterocycles. The second-order valence-corrected chi connectivity index (χ2v) is 7.10. The number of benzene rings is 2. The van der Waals surface area contributed by atoms with Gasteiger partial charge in [-0.05, 0) is 42.5 Å². The van der Waals surface area contributed by atoms with E-state index in [0.29, 0.717) is 29.8 Å². The van der Waals surface area contributed by atoms with Crippen LogP contribution >= 0.6 is 0 Å². The Morgan fingerprint density at radius 3 is 2.40 bits per heavy atom. The first-order valence-corrected chi connectivity index (χ1v) is 8.94. The van der Waals surface area contributed by atoms with E-state index in [4.69, 9.17) is 4.74 Å². The lowest BCUT2D eigenvalue weighted by Crippen LogP contribution is -2.42. The maximum atomic E-state index is 12.5. The van der Waals surface area contributed by atoms with Gasteiger partial charge in [0, 0.05) is 13.1 Å². The highest BCUT2D eigenvalue weighted by Gasteiger charge is 2.23. The highest BCUT2D eigenvalue weighted by molar-refractivity contribution is 5.93. The number of rotatable bonds is 5. The molecule has 1 saturated heterocycles. The molecule has 25 heavy (non-hydrogen) atoms. The first kappa shape index (κ1) is 17.5. The lowest BCUT2D eigenvalue weighted by Gasteiger charge is -2.34. The van der Waals surface area contributed by atoms with Crippen molar-refractivity contribution >= 4 is 11.6 Å². The monoisotopic (exact) mass is 338 g/mol. The molecule has 0 unspecified atom stereocenters. The van der Waals surface area contributed by atoms with Gasteiger partial charge in [-0.3, -0.25) is 9.69 Å². The Hall–Kier alpha value is -2.33. The van der Waals surface area contributed by atoms with Crippen LogP contribution < -0.4 is 10.1 Å². The van der Waals surface area contributed by atoms with Crippen molar-refractivity contribution in [2.24, 2.45) is 11.8 Å². The van der Waals surface area contributed by atoms with Gasteiger partial charge in [-0.25, -0.2) is 0 Å². The Morgan fingerprint density at radius 1 is 1.04 bits per heavy atom. The Kier molecular flexibility index (Phi) is 5.71. The molecule has 1 N–H and O–H groups in total. The van der Waals surface area contributed by atoms with Gasteiger partial charge in [-0.1, -0.05) is 44.2 Å². The van der Waals surface area contributed by atoms with Gasteiger partial charge in [-0.15, -0.1) is 0 Å². The summed E-state index contributed by atoms with van der Waals surface area (Å²) in [5.41, 5.74) is 0.703. The van der Waals surface area contributed by atoms with Crippen LogP contribution in [0.4, 0.5) is 5.69 Å². The standard InChI is InChI=1S/C21H26N2O2/c1-16-12-17(2)14-23(13-16)15-21(24)22-19-10-6-7-11-20(19)25-18-8-4-3-5-9-18/h3-11,16-17H,12-15H2,1-2H3,(H,22,24)/t16-,17-/m0/s1. The van der Waals surface area contributed by atoms with Crippen LogP contribution in [0.25, 0.3) is 0 Å². The molecule has 3 rings (SSSR count). The summed E-state index contributed by atoms with van der Waals surface area (Å²) < 4.78 is 5.91. The number of anilines is 1. The molecule has 1 fully saturated rings. The number of hydrogen-bond acceptors (Lipinski definition) is 3. The first-order valence-electron chi connectivity index (χ1n) is 8.94. The van der Waals surface area contributed by atoms with Crippen molar-refractivity contribution in [3.8, 4) is 11.5 Å². The van der Waals surface area contributed by atoms with Gasteiger partial charge in [0.05, 0.1) is 12.2 Å². The van der Waals surface area contributed by atoms with Crippen molar-refractivity contribution in [1.82, 2.24) is 4.90 Å². The molecular weight excluding hydrogens is 312 g/mol. The molecule has 2 aromatic carbocycles. The van der Waals surface area contributed by atoms with E-state index in [1.165, 1.54) is 6.42 Å². The van der Waals surface area contributed by atoms with E-state index in [1.54, 1.807) is 0 Å². The Morgan fingerprint density at radius 2 is 1.68 bits per heavy atom. The number of amides is 1. The Bertz CT molecular complexity index is 692. The molecule has 0 aliphatic carbocycles. The molecule has 2 aromatic rings. The fraction of sp³-hybridized carbons (Fsp3) is 0.381. The van der Waals surface area contributed by atoms with Crippen molar-refractivity contribution in [2.75, 3.05) is 25.0 Å². The second kappa shape index (κ2) is 8.17. The molecule has 1 aliphatic heterocycles. The summed E-state index contributed by atoms with van der Waals surface area (Å²) in [6, 6.07) is 17.1. The zero-order valence-electron chi connectivity index (χ0n) is 14.9. The molecule has 0 spiro atoms. The lowest BCUT2D eigenvalue weighted by molar-refractivity contribution is -0.117. The third-order valence-corrected chi connectivity index (χ3v) is 4.44. The van der Waals surface area contributed by atoms with Crippen molar-refractivity contribution in [3.63, 3.8) is 0 Å². The number of hydrogen-bond donors (Lipinski definition) is 1. The van der Waals surface area contributed by atoms with Crippen LogP contribution in [-0.2, 0) is 4.79 Å². The van der Waals surface area contributed by atoms with Crippen LogP contribution in [0.15, 0.2) is 54.6 Å². The number of piperidine rings is 1. The van der Waals surface area contributed by atoms with Gasteiger partial charge < -0.3 is 10.1 Å². The van der Waals surface area contributed by atoms with Crippen LogP contribution in [0.5, 0.6) is 11.5 Å². The fourth-order valence-corrected chi connectivity index (χ4v) is 3.59. The number of nitrogens with zero attached hydrogens (tertiary/aromatic N) is 1. The summed E-state index contributed by atoms with van der Waals surface area (Å²) in [6.07, 6.45) is 1.24. The average Bonchev–Trinajstić information content (AvgIpc) is 2.56. The minimum Gasteiger partial charge on any atom is -0.455 e. The summed E-state index contributed by atoms with van der Waals surface area (Å²) in [7, 11) is 0. The zero-order valence-corrected chi connectivity index (χ0v) is 14.9. The van der Waals surface area contributed by atoms with E-state index < -0.39 is 0 Å². The largest absolute Gasteiger partial charge is 0.455 e. The highest BCUT2D eigenvalue weighted by Crippen LogP contribution is 2.29. The maximum Gasteiger partial charge on any atom is 0.238 e. The van der Waals surface area contributed by atoms with Crippen molar-refractivity contribution in [2.45, 2.75) is 20.3 Å². The topological polar surface area (TPSA) is 41.6 Å². The van der Waals surface area contributed by atoms with Crippen molar-refractivity contribution < 1.29 is 9.53 Å². The molecule has 132 valence electrons. The van der Waals surface area contributed by atoms with Gasteiger partial charge in [0.15, 0.2) is 5.75 Å². The minimum absolute atomic E-state index is 0.00501. The molecule has 0 radical (unpaired) electrons. The van der Waals surface area contributed by atoms with E-state index in [-0.39, 0.29) is 5.91 Å². The molecule has 0 aromatic heterocycles. The fourth-order valence-electron chi connectivity index (χ4n) is 3.59. The van der Waals surface area contributed by atoms with Gasteiger partial charge in [0.1, 0.15) is 5.75 Å². The zero-order chi connectivity index (χ0) is 17.6. The summed E-state index contributed by atoms with van der Waals surface area (Å²) in [5, 5.41) is 3.00. The quantitative estimate of drug-likeness (QED) is 0.879. The number of para-hydroxylation sites is 3.